The van der Waals surface area contributed by atoms with Gasteiger partial charge in [0.25, 0.3) is 10.0 Å². The summed E-state index contributed by atoms with van der Waals surface area (Å²) in [5.74, 6) is 0. The van der Waals surface area contributed by atoms with Crippen LogP contribution in [0, 0.1) is 0 Å². The van der Waals surface area contributed by atoms with Crippen LogP contribution in [-0.4, -0.2) is 27.2 Å². The van der Waals surface area contributed by atoms with Gasteiger partial charge in [0.1, 0.15) is 0 Å². The van der Waals surface area contributed by atoms with Gasteiger partial charge in [0, 0.05) is 42.2 Å². The predicted octanol–water partition coefficient (Wildman–Crippen LogP) is 4.24. The molecule has 1 aliphatic rings. The summed E-state index contributed by atoms with van der Waals surface area (Å²) in [6.07, 6.45) is 12.6. The molecule has 4 aromatic rings. The lowest BCUT2D eigenvalue weighted by molar-refractivity contribution is 0.589. The molecule has 29 heavy (non-hydrogen) atoms. The molecule has 3 heterocycles. The fraction of sp³-hybridized carbons (Fsp3) is 0.182. The van der Waals surface area contributed by atoms with Crippen molar-refractivity contribution < 1.29 is 8.42 Å². The quantitative estimate of drug-likeness (QED) is 0.510. The highest BCUT2D eigenvalue weighted by atomic mass is 32.2. The molecule has 146 valence electrons. The molecule has 1 aliphatic carbocycles. The van der Waals surface area contributed by atoms with Crippen LogP contribution in [0.15, 0.2) is 72.2 Å². The molecule has 0 spiro atoms. The van der Waals surface area contributed by atoms with Gasteiger partial charge < -0.3 is 0 Å². The number of aromatic nitrogens is 4. The Balaban J connectivity index is 1.77. The highest BCUT2D eigenvalue weighted by Crippen LogP contribution is 2.35. The molecule has 3 aromatic heterocycles. The number of aryl methyl sites for hydroxylation is 1. The molecule has 5 rings (SSSR count). The second-order valence-corrected chi connectivity index (χ2v) is 9.09. The first-order valence-corrected chi connectivity index (χ1v) is 11.0. The van der Waals surface area contributed by atoms with Gasteiger partial charge in [-0.3, -0.25) is 4.68 Å². The molecule has 0 unspecified atom stereocenters. The number of allylic oxidation sites excluding steroid dienone is 2. The maximum Gasteiger partial charge on any atom is 0.269 e. The van der Waals surface area contributed by atoms with Crippen molar-refractivity contribution in [3.05, 3.63) is 72.8 Å². The number of hydrogen-bond donors (Lipinski definition) is 0. The van der Waals surface area contributed by atoms with E-state index in [1.165, 1.54) is 9.55 Å². The smallest absolute Gasteiger partial charge is 0.269 e. The zero-order valence-corrected chi connectivity index (χ0v) is 16.8. The Hall–Kier alpha value is -3.19. The molecule has 0 saturated heterocycles. The summed E-state index contributed by atoms with van der Waals surface area (Å²) >= 11 is 0. The van der Waals surface area contributed by atoms with Gasteiger partial charge in [-0.05, 0) is 48.6 Å². The SMILES string of the molecule is Cn1cc(-c2cn(S(=O)(=O)c3ccccc3)c3ncc(C4=CCCC4)cc23)cn1. The van der Waals surface area contributed by atoms with Crippen molar-refractivity contribution in [2.75, 3.05) is 0 Å². The lowest BCUT2D eigenvalue weighted by Crippen LogP contribution is -2.12. The second kappa shape index (κ2) is 6.70. The molecular formula is C22H20N4O2S. The predicted molar refractivity (Wildman–Crippen MR) is 113 cm³/mol. The van der Waals surface area contributed by atoms with Gasteiger partial charge in [-0.1, -0.05) is 24.3 Å². The summed E-state index contributed by atoms with van der Waals surface area (Å²) in [5, 5.41) is 5.06. The van der Waals surface area contributed by atoms with Gasteiger partial charge in [0.2, 0.25) is 0 Å². The van der Waals surface area contributed by atoms with Gasteiger partial charge >= 0.3 is 0 Å². The van der Waals surface area contributed by atoms with Gasteiger partial charge in [-0.25, -0.2) is 17.4 Å². The van der Waals surface area contributed by atoms with E-state index in [1.807, 2.05) is 13.2 Å². The van der Waals surface area contributed by atoms with Crippen molar-refractivity contribution in [2.45, 2.75) is 24.2 Å². The molecule has 0 bridgehead atoms. The van der Waals surface area contributed by atoms with Crippen LogP contribution in [0.1, 0.15) is 24.8 Å². The highest BCUT2D eigenvalue weighted by molar-refractivity contribution is 7.90. The fourth-order valence-electron chi connectivity index (χ4n) is 3.87. The molecule has 0 fully saturated rings. The number of benzene rings is 1. The summed E-state index contributed by atoms with van der Waals surface area (Å²) in [5.41, 5.74) is 4.42. The largest absolute Gasteiger partial charge is 0.275 e. The van der Waals surface area contributed by atoms with Crippen molar-refractivity contribution in [1.29, 1.82) is 0 Å². The minimum Gasteiger partial charge on any atom is -0.275 e. The normalized spacial score (nSPS) is 14.4. The van der Waals surface area contributed by atoms with Crippen molar-refractivity contribution in [2.24, 2.45) is 7.05 Å². The second-order valence-electron chi connectivity index (χ2n) is 7.28. The van der Waals surface area contributed by atoms with E-state index in [2.05, 4.69) is 22.2 Å². The van der Waals surface area contributed by atoms with Crippen molar-refractivity contribution in [1.82, 2.24) is 18.7 Å². The molecule has 0 radical (unpaired) electrons. The molecular weight excluding hydrogens is 384 g/mol. The number of pyridine rings is 1. The van der Waals surface area contributed by atoms with Crippen LogP contribution in [0.25, 0.3) is 27.7 Å². The van der Waals surface area contributed by atoms with E-state index in [9.17, 15) is 8.42 Å². The third kappa shape index (κ3) is 2.98. The average Bonchev–Trinajstić information content (AvgIpc) is 3.47. The third-order valence-electron chi connectivity index (χ3n) is 5.34. The Labute approximate surface area is 169 Å². The van der Waals surface area contributed by atoms with Crippen LogP contribution in [0.4, 0.5) is 0 Å². The lowest BCUT2D eigenvalue weighted by atomic mass is 10.0. The van der Waals surface area contributed by atoms with E-state index in [-0.39, 0.29) is 4.90 Å². The van der Waals surface area contributed by atoms with Crippen molar-refractivity contribution >= 4 is 26.6 Å². The first-order valence-electron chi connectivity index (χ1n) is 9.54. The summed E-state index contributed by atoms with van der Waals surface area (Å²) in [4.78, 5) is 4.82. The molecule has 6 nitrogen and oxygen atoms in total. The maximum absolute atomic E-state index is 13.3. The lowest BCUT2D eigenvalue weighted by Gasteiger charge is -2.07. The van der Waals surface area contributed by atoms with E-state index < -0.39 is 10.0 Å². The molecule has 0 amide bonds. The van der Waals surface area contributed by atoms with Crippen LogP contribution in [-0.2, 0) is 17.1 Å². The molecule has 0 aliphatic heterocycles. The number of rotatable bonds is 4. The van der Waals surface area contributed by atoms with Gasteiger partial charge in [0.15, 0.2) is 5.65 Å². The zero-order valence-electron chi connectivity index (χ0n) is 16.0. The van der Waals surface area contributed by atoms with Gasteiger partial charge in [0.05, 0.1) is 11.1 Å². The van der Waals surface area contributed by atoms with Gasteiger partial charge in [-0.2, -0.15) is 5.10 Å². The zero-order chi connectivity index (χ0) is 20.0. The van der Waals surface area contributed by atoms with Crippen LogP contribution in [0.5, 0.6) is 0 Å². The Morgan fingerprint density at radius 3 is 2.55 bits per heavy atom. The fourth-order valence-corrected chi connectivity index (χ4v) is 5.21. The van der Waals surface area contributed by atoms with Crippen molar-refractivity contribution in [3.63, 3.8) is 0 Å². The standard InChI is InChI=1S/C22H20N4O2S/c1-25-14-18(13-24-25)21-15-26(29(27,28)19-9-3-2-4-10-19)22-20(21)11-17(12-23-22)16-7-5-6-8-16/h2-4,7,9-15H,5-6,8H2,1H3. The molecule has 0 saturated carbocycles. The van der Waals surface area contributed by atoms with E-state index in [1.54, 1.807) is 53.6 Å². The van der Waals surface area contributed by atoms with Crippen LogP contribution in [0.2, 0.25) is 0 Å². The van der Waals surface area contributed by atoms with Crippen LogP contribution in [0.3, 0.4) is 0 Å². The monoisotopic (exact) mass is 404 g/mol. The molecule has 1 aromatic carbocycles. The Morgan fingerprint density at radius 2 is 1.86 bits per heavy atom. The summed E-state index contributed by atoms with van der Waals surface area (Å²) in [6, 6.07) is 10.5. The minimum absolute atomic E-state index is 0.235. The highest BCUT2D eigenvalue weighted by Gasteiger charge is 2.24. The minimum atomic E-state index is -3.77. The summed E-state index contributed by atoms with van der Waals surface area (Å²) < 4.78 is 29.7. The summed E-state index contributed by atoms with van der Waals surface area (Å²) in [6.45, 7) is 0. The first kappa shape index (κ1) is 17.9. The average molecular weight is 404 g/mol. The van der Waals surface area contributed by atoms with Crippen molar-refractivity contribution in [3.8, 4) is 11.1 Å². The topological polar surface area (TPSA) is 69.8 Å². The Bertz CT molecular complexity index is 1350. The van der Waals surface area contributed by atoms with E-state index in [4.69, 9.17) is 0 Å². The van der Waals surface area contributed by atoms with Gasteiger partial charge in [-0.15, -0.1) is 0 Å². The van der Waals surface area contributed by atoms with E-state index in [0.29, 0.717) is 5.65 Å². The number of nitrogens with zero attached hydrogens (tertiary/aromatic N) is 4. The number of hydrogen-bond acceptors (Lipinski definition) is 4. The van der Waals surface area contributed by atoms with Crippen LogP contribution >= 0.6 is 0 Å². The molecule has 7 heteroatoms. The first-order chi connectivity index (χ1) is 14.0. The molecule has 0 N–H and O–H groups in total. The molecule has 0 atom stereocenters. The van der Waals surface area contributed by atoms with E-state index in [0.717, 1.165) is 41.3 Å². The Kier molecular flexibility index (Phi) is 4.13. The summed E-state index contributed by atoms with van der Waals surface area (Å²) in [7, 11) is -1.92. The van der Waals surface area contributed by atoms with E-state index >= 15 is 0 Å². The Morgan fingerprint density at radius 1 is 1.03 bits per heavy atom. The third-order valence-corrected chi connectivity index (χ3v) is 7.00. The number of fused-ring (bicyclic) bond motifs is 1. The maximum atomic E-state index is 13.3. The van der Waals surface area contributed by atoms with Crippen LogP contribution < -0.4 is 0 Å².